The zero-order valence-electron chi connectivity index (χ0n) is 35.1. The lowest BCUT2D eigenvalue weighted by atomic mass is 10.1. The Morgan fingerprint density at radius 2 is 1.72 bits per heavy atom. The van der Waals surface area contributed by atoms with Crippen molar-refractivity contribution in [3.63, 3.8) is 0 Å². The summed E-state index contributed by atoms with van der Waals surface area (Å²) in [6.07, 6.45) is 1.35. The predicted octanol–water partition coefficient (Wildman–Crippen LogP) is 4.29. The van der Waals surface area contributed by atoms with E-state index in [0.717, 1.165) is 22.0 Å². The van der Waals surface area contributed by atoms with Crippen LogP contribution in [-0.4, -0.2) is 118 Å². The normalized spacial score (nSPS) is 25.1. The number of fused-ring (bicyclic) bond motifs is 3. The van der Waals surface area contributed by atoms with Gasteiger partial charge in [-0.2, -0.15) is 0 Å². The molecule has 0 unspecified atom stereocenters. The van der Waals surface area contributed by atoms with E-state index in [4.69, 9.17) is 23.9 Å². The number of alkyl carbamates (subject to hydrolysis) is 1. The predicted molar refractivity (Wildman–Crippen MR) is 224 cm³/mol. The van der Waals surface area contributed by atoms with Crippen molar-refractivity contribution in [1.82, 2.24) is 25.2 Å². The van der Waals surface area contributed by atoms with Gasteiger partial charge in [-0.1, -0.05) is 0 Å². The second kappa shape index (κ2) is 17.1. The smallest absolute Gasteiger partial charge is 0.408 e. The van der Waals surface area contributed by atoms with Gasteiger partial charge in [-0.05, 0) is 126 Å². The number of hydrogen-bond donors (Lipinski definition) is 3. The van der Waals surface area contributed by atoms with E-state index in [1.54, 1.807) is 27.9 Å². The standard InChI is InChI=1S/C43H56N6O10S/c1-42(2,3)59-41(53)45-34-10-8-20-57-19-7-9-28-24-43(28,40(52)47-60(54,55)32-16-17-32)46-37(50)36-23-31(25-49(36)39(34)51)58-38-33-18-13-29(48(4)5)21-27(33)22-35(44-38)26-11-14-30(56-6)15-12-26/h11-15,18,21-22,28,31-32,34,36H,7-10,16-17,19-20,23-25H2,1-6H3,(H,45,53)(H,46,50)(H,47,52)/t28-,31-,34+,36+,43-/m1/s1. The Balaban J connectivity index is 1.23. The number of sulfonamides is 1. The van der Waals surface area contributed by atoms with E-state index in [0.29, 0.717) is 62.6 Å². The van der Waals surface area contributed by atoms with Crippen LogP contribution in [0.1, 0.15) is 72.1 Å². The first-order valence-corrected chi connectivity index (χ1v) is 22.2. The van der Waals surface area contributed by atoms with E-state index in [1.807, 2.05) is 67.5 Å². The second-order valence-corrected chi connectivity index (χ2v) is 19.4. The topological polar surface area (TPSA) is 195 Å². The summed E-state index contributed by atoms with van der Waals surface area (Å²) < 4.78 is 51.6. The van der Waals surface area contributed by atoms with E-state index < -0.39 is 68.4 Å². The molecule has 4 amide bonds. The fourth-order valence-electron chi connectivity index (χ4n) is 8.01. The summed E-state index contributed by atoms with van der Waals surface area (Å²) >= 11 is 0. The minimum Gasteiger partial charge on any atom is -0.497 e. The van der Waals surface area contributed by atoms with Crippen molar-refractivity contribution in [1.29, 1.82) is 0 Å². The van der Waals surface area contributed by atoms with Crippen LogP contribution in [0.25, 0.3) is 22.0 Å². The average Bonchev–Trinajstić information content (AvgIpc) is 4.12. The molecule has 3 heterocycles. The number of ether oxygens (including phenoxy) is 4. The number of anilines is 1. The SMILES string of the molecule is COc1ccc(-c2cc3cc(N(C)C)ccc3c(O[C@@H]3C[C@H]4C(=O)N[C@]5(C(=O)NS(=O)(=O)C6CC6)C[C@H]5CCCOCCC[C@H](NC(=O)OC(C)(C)C)C(=O)N4C3)n2)cc1. The molecule has 5 atom stereocenters. The molecule has 2 saturated carbocycles. The fraction of sp³-hybridized carbons (Fsp3) is 0.558. The van der Waals surface area contributed by atoms with Crippen molar-refractivity contribution < 1.29 is 46.5 Å². The lowest BCUT2D eigenvalue weighted by Gasteiger charge is -2.30. The van der Waals surface area contributed by atoms with Gasteiger partial charge < -0.3 is 39.4 Å². The zero-order chi connectivity index (χ0) is 43.0. The molecule has 324 valence electrons. The highest BCUT2D eigenvalue weighted by atomic mass is 32.2. The van der Waals surface area contributed by atoms with Crippen LogP contribution in [0.4, 0.5) is 10.5 Å². The quantitative estimate of drug-likeness (QED) is 0.277. The molecule has 0 bridgehead atoms. The van der Waals surface area contributed by atoms with Crippen LogP contribution in [-0.2, 0) is 33.9 Å². The van der Waals surface area contributed by atoms with E-state index in [-0.39, 0.29) is 31.7 Å². The van der Waals surface area contributed by atoms with Gasteiger partial charge >= 0.3 is 6.09 Å². The molecule has 16 nitrogen and oxygen atoms in total. The molecule has 3 N–H and O–H groups in total. The molecule has 7 rings (SSSR count). The van der Waals surface area contributed by atoms with Crippen LogP contribution >= 0.6 is 0 Å². The zero-order valence-corrected chi connectivity index (χ0v) is 35.9. The summed E-state index contributed by atoms with van der Waals surface area (Å²) in [5.41, 5.74) is 0.0880. The largest absolute Gasteiger partial charge is 0.497 e. The molecule has 0 spiro atoms. The van der Waals surface area contributed by atoms with Gasteiger partial charge in [-0.3, -0.25) is 19.1 Å². The highest BCUT2D eigenvalue weighted by molar-refractivity contribution is 7.91. The number of amides is 4. The summed E-state index contributed by atoms with van der Waals surface area (Å²) in [4.78, 5) is 64.6. The van der Waals surface area contributed by atoms with E-state index in [2.05, 4.69) is 15.4 Å². The molecule has 4 fully saturated rings. The summed E-state index contributed by atoms with van der Waals surface area (Å²) in [5, 5.41) is 6.59. The maximum atomic E-state index is 14.7. The minimum absolute atomic E-state index is 0.0221. The third kappa shape index (κ3) is 9.72. The molecule has 0 radical (unpaired) electrons. The Morgan fingerprint density at radius 3 is 2.38 bits per heavy atom. The molecule has 2 aliphatic heterocycles. The van der Waals surface area contributed by atoms with Crippen molar-refractivity contribution in [2.24, 2.45) is 5.92 Å². The molecule has 2 saturated heterocycles. The van der Waals surface area contributed by atoms with Crippen molar-refractivity contribution in [2.45, 2.75) is 107 Å². The van der Waals surface area contributed by atoms with Crippen LogP contribution in [0.15, 0.2) is 48.5 Å². The first-order chi connectivity index (χ1) is 28.5. The highest BCUT2D eigenvalue weighted by Gasteiger charge is 2.62. The molecular weight excluding hydrogens is 793 g/mol. The van der Waals surface area contributed by atoms with Gasteiger partial charge in [0.1, 0.15) is 35.1 Å². The lowest BCUT2D eigenvalue weighted by molar-refractivity contribution is -0.141. The number of carbonyl (C=O) groups is 4. The third-order valence-corrected chi connectivity index (χ3v) is 13.3. The van der Waals surface area contributed by atoms with Gasteiger partial charge in [-0.15, -0.1) is 0 Å². The summed E-state index contributed by atoms with van der Waals surface area (Å²) in [6, 6.07) is 13.1. The second-order valence-electron chi connectivity index (χ2n) is 17.5. The van der Waals surface area contributed by atoms with Crippen molar-refractivity contribution >= 4 is 50.3 Å². The van der Waals surface area contributed by atoms with Gasteiger partial charge in [0.05, 0.1) is 24.6 Å². The number of carbonyl (C=O) groups excluding carboxylic acids is 4. The average molecular weight is 849 g/mol. The Kier molecular flexibility index (Phi) is 12.2. The number of benzene rings is 2. The summed E-state index contributed by atoms with van der Waals surface area (Å²) in [7, 11) is 1.59. The van der Waals surface area contributed by atoms with Gasteiger partial charge in [0.2, 0.25) is 27.7 Å². The Morgan fingerprint density at radius 1 is 1.00 bits per heavy atom. The van der Waals surface area contributed by atoms with E-state index in [9.17, 15) is 27.6 Å². The van der Waals surface area contributed by atoms with E-state index in [1.165, 1.54) is 4.90 Å². The first-order valence-electron chi connectivity index (χ1n) is 20.7. The Labute approximate surface area is 351 Å². The molecule has 60 heavy (non-hydrogen) atoms. The number of aromatic nitrogens is 1. The minimum atomic E-state index is -3.91. The number of methoxy groups -OCH3 is 1. The van der Waals surface area contributed by atoms with Gasteiger partial charge in [0, 0.05) is 50.4 Å². The summed E-state index contributed by atoms with van der Waals surface area (Å²) in [6.45, 7) is 5.78. The first kappa shape index (κ1) is 42.9. The van der Waals surface area contributed by atoms with Crippen molar-refractivity contribution in [3.05, 3.63) is 48.5 Å². The lowest BCUT2D eigenvalue weighted by Crippen LogP contribution is -2.58. The van der Waals surface area contributed by atoms with Gasteiger partial charge in [-0.25, -0.2) is 18.2 Å². The van der Waals surface area contributed by atoms with Crippen LogP contribution < -0.4 is 29.7 Å². The Bertz CT molecular complexity index is 2220. The monoisotopic (exact) mass is 848 g/mol. The molecule has 17 heteroatoms. The number of rotatable bonds is 9. The molecular formula is C43H56N6O10S. The van der Waals surface area contributed by atoms with Crippen LogP contribution in [0.3, 0.4) is 0 Å². The number of nitrogens with zero attached hydrogens (tertiary/aromatic N) is 3. The van der Waals surface area contributed by atoms with Gasteiger partial charge in [0.25, 0.3) is 5.91 Å². The van der Waals surface area contributed by atoms with Crippen LogP contribution in [0, 0.1) is 5.92 Å². The van der Waals surface area contributed by atoms with E-state index >= 15 is 0 Å². The third-order valence-electron chi connectivity index (χ3n) is 11.5. The fourth-order valence-corrected chi connectivity index (χ4v) is 9.37. The molecule has 3 aromatic rings. The summed E-state index contributed by atoms with van der Waals surface area (Å²) in [5.74, 6) is -1.30. The van der Waals surface area contributed by atoms with Crippen LogP contribution in [0.2, 0.25) is 0 Å². The number of nitrogens with one attached hydrogen (secondary N) is 3. The molecule has 2 aromatic carbocycles. The van der Waals surface area contributed by atoms with Gasteiger partial charge in [0.15, 0.2) is 0 Å². The molecule has 1 aromatic heterocycles. The molecule has 2 aliphatic carbocycles. The van der Waals surface area contributed by atoms with Crippen molar-refractivity contribution in [3.8, 4) is 22.9 Å². The Hall–Kier alpha value is -5.16. The number of hydrogen-bond acceptors (Lipinski definition) is 12. The van der Waals surface area contributed by atoms with Crippen molar-refractivity contribution in [2.75, 3.05) is 45.9 Å². The molecule has 4 aliphatic rings. The maximum Gasteiger partial charge on any atom is 0.408 e. The highest BCUT2D eigenvalue weighted by Crippen LogP contribution is 2.48. The number of pyridine rings is 1. The maximum absolute atomic E-state index is 14.7. The van der Waals surface area contributed by atoms with Crippen LogP contribution in [0.5, 0.6) is 11.6 Å².